The molecule has 1 N–H and O–H groups in total. The third-order valence-corrected chi connectivity index (χ3v) is 4.13. The van der Waals surface area contributed by atoms with Gasteiger partial charge in [0.15, 0.2) is 11.2 Å². The summed E-state index contributed by atoms with van der Waals surface area (Å²) < 4.78 is 10.6. The van der Waals surface area contributed by atoms with E-state index in [9.17, 15) is 9.59 Å². The number of hydrogen-bond donors (Lipinski definition) is 1. The number of fused-ring (bicyclic) bond motifs is 1. The van der Waals surface area contributed by atoms with E-state index in [0.717, 1.165) is 12.0 Å². The predicted molar refractivity (Wildman–Crippen MR) is 97.8 cm³/mol. The van der Waals surface area contributed by atoms with Gasteiger partial charge in [0.25, 0.3) is 5.91 Å². The van der Waals surface area contributed by atoms with Crippen molar-refractivity contribution in [1.82, 2.24) is 0 Å². The molecule has 0 saturated heterocycles. The number of amides is 1. The zero-order valence-electron chi connectivity index (χ0n) is 13.8. The van der Waals surface area contributed by atoms with E-state index in [0.29, 0.717) is 27.4 Å². The summed E-state index contributed by atoms with van der Waals surface area (Å²) in [4.78, 5) is 24.7. The van der Waals surface area contributed by atoms with Gasteiger partial charge < -0.3 is 14.5 Å². The van der Waals surface area contributed by atoms with Crippen LogP contribution in [0.5, 0.6) is 5.75 Å². The van der Waals surface area contributed by atoms with Crippen molar-refractivity contribution in [3.63, 3.8) is 0 Å². The summed E-state index contributed by atoms with van der Waals surface area (Å²) in [7, 11) is 1.51. The van der Waals surface area contributed by atoms with Crippen LogP contribution in [0.4, 0.5) is 5.69 Å². The standard InChI is InChI=1S/C19H16ClNO4/c1-3-11-4-6-16-13(8-11)15(22)10-18(25-16)19(23)21-12-5-7-17(24-2)14(20)9-12/h4-10H,3H2,1-2H3,(H,21,23). The number of halogens is 1. The topological polar surface area (TPSA) is 68.5 Å². The first-order valence-corrected chi connectivity index (χ1v) is 8.11. The number of hydrogen-bond acceptors (Lipinski definition) is 4. The minimum Gasteiger partial charge on any atom is -0.495 e. The Morgan fingerprint density at radius 1 is 1.20 bits per heavy atom. The third-order valence-electron chi connectivity index (χ3n) is 3.83. The van der Waals surface area contributed by atoms with E-state index in [1.54, 1.807) is 30.3 Å². The Labute approximate surface area is 149 Å². The van der Waals surface area contributed by atoms with Crippen LogP contribution in [0.1, 0.15) is 23.0 Å². The van der Waals surface area contributed by atoms with Gasteiger partial charge >= 0.3 is 0 Å². The van der Waals surface area contributed by atoms with E-state index in [4.69, 9.17) is 20.8 Å². The minimum absolute atomic E-state index is 0.0614. The van der Waals surface area contributed by atoms with Crippen molar-refractivity contribution in [3.8, 4) is 5.75 Å². The average molecular weight is 358 g/mol. The molecule has 0 atom stereocenters. The number of nitrogens with one attached hydrogen (secondary N) is 1. The highest BCUT2D eigenvalue weighted by molar-refractivity contribution is 6.32. The molecule has 6 heteroatoms. The molecule has 0 spiro atoms. The van der Waals surface area contributed by atoms with Gasteiger partial charge in [0.2, 0.25) is 0 Å². The van der Waals surface area contributed by atoms with E-state index >= 15 is 0 Å². The van der Waals surface area contributed by atoms with Gasteiger partial charge in [-0.25, -0.2) is 0 Å². The first-order chi connectivity index (χ1) is 12.0. The van der Waals surface area contributed by atoms with Gasteiger partial charge in [-0.05, 0) is 42.3 Å². The van der Waals surface area contributed by atoms with E-state index in [-0.39, 0.29) is 11.2 Å². The molecule has 3 aromatic rings. The smallest absolute Gasteiger partial charge is 0.291 e. The van der Waals surface area contributed by atoms with Crippen molar-refractivity contribution in [3.05, 3.63) is 69.0 Å². The number of rotatable bonds is 4. The van der Waals surface area contributed by atoms with Crippen molar-refractivity contribution in [2.75, 3.05) is 12.4 Å². The average Bonchev–Trinajstić information content (AvgIpc) is 2.61. The molecule has 0 fully saturated rings. The highest BCUT2D eigenvalue weighted by atomic mass is 35.5. The summed E-state index contributed by atoms with van der Waals surface area (Å²) in [6.45, 7) is 2.00. The Morgan fingerprint density at radius 3 is 2.68 bits per heavy atom. The van der Waals surface area contributed by atoms with Crippen molar-refractivity contribution in [1.29, 1.82) is 0 Å². The quantitative estimate of drug-likeness (QED) is 0.757. The SMILES string of the molecule is CCc1ccc2oc(C(=O)Nc3ccc(OC)c(Cl)c3)cc(=O)c2c1. The molecule has 0 aliphatic carbocycles. The van der Waals surface area contributed by atoms with Crippen LogP contribution >= 0.6 is 11.6 Å². The fourth-order valence-electron chi connectivity index (χ4n) is 2.47. The molecule has 3 rings (SSSR count). The van der Waals surface area contributed by atoms with Gasteiger partial charge in [-0.2, -0.15) is 0 Å². The summed E-state index contributed by atoms with van der Waals surface area (Å²) in [6, 6.07) is 11.4. The van der Waals surface area contributed by atoms with Crippen LogP contribution in [0.3, 0.4) is 0 Å². The molecular formula is C19H16ClNO4. The second-order valence-corrected chi connectivity index (χ2v) is 5.87. The maximum Gasteiger partial charge on any atom is 0.291 e. The summed E-state index contributed by atoms with van der Waals surface area (Å²) in [5, 5.41) is 3.48. The van der Waals surface area contributed by atoms with Gasteiger partial charge in [-0.1, -0.05) is 24.6 Å². The van der Waals surface area contributed by atoms with Crippen molar-refractivity contribution >= 4 is 34.2 Å². The zero-order chi connectivity index (χ0) is 18.0. The molecule has 5 nitrogen and oxygen atoms in total. The van der Waals surface area contributed by atoms with Crippen LogP contribution in [-0.4, -0.2) is 13.0 Å². The lowest BCUT2D eigenvalue weighted by Crippen LogP contribution is -2.15. The molecule has 1 aromatic heterocycles. The van der Waals surface area contributed by atoms with Crippen molar-refractivity contribution < 1.29 is 13.9 Å². The predicted octanol–water partition coefficient (Wildman–Crippen LogP) is 4.27. The van der Waals surface area contributed by atoms with Crippen LogP contribution in [0.25, 0.3) is 11.0 Å². The van der Waals surface area contributed by atoms with Gasteiger partial charge in [-0.15, -0.1) is 0 Å². The molecule has 1 amide bonds. The fraction of sp³-hybridized carbons (Fsp3) is 0.158. The second-order valence-electron chi connectivity index (χ2n) is 5.46. The van der Waals surface area contributed by atoms with E-state index in [2.05, 4.69) is 5.32 Å². The molecule has 1 heterocycles. The highest BCUT2D eigenvalue weighted by Gasteiger charge is 2.14. The maximum atomic E-state index is 12.4. The summed E-state index contributed by atoms with van der Waals surface area (Å²) in [5.74, 6) is -0.0860. The Balaban J connectivity index is 1.92. The number of carbonyl (C=O) groups is 1. The number of carbonyl (C=O) groups excluding carboxylic acids is 1. The summed E-state index contributed by atoms with van der Waals surface area (Å²) >= 11 is 6.04. The summed E-state index contributed by atoms with van der Waals surface area (Å²) in [5.41, 5.74) is 1.63. The monoisotopic (exact) mass is 357 g/mol. The van der Waals surface area contributed by atoms with Crippen molar-refractivity contribution in [2.45, 2.75) is 13.3 Å². The van der Waals surface area contributed by atoms with Gasteiger partial charge in [0, 0.05) is 11.8 Å². The highest BCUT2D eigenvalue weighted by Crippen LogP contribution is 2.27. The molecule has 25 heavy (non-hydrogen) atoms. The molecule has 0 radical (unpaired) electrons. The molecule has 0 bridgehead atoms. The normalized spacial score (nSPS) is 10.7. The number of benzene rings is 2. The van der Waals surface area contributed by atoms with E-state index < -0.39 is 5.91 Å². The first-order valence-electron chi connectivity index (χ1n) is 7.73. The lowest BCUT2D eigenvalue weighted by molar-refractivity contribution is 0.0997. The molecule has 128 valence electrons. The van der Waals surface area contributed by atoms with Gasteiger partial charge in [0.1, 0.15) is 11.3 Å². The van der Waals surface area contributed by atoms with Crippen LogP contribution in [0.15, 0.2) is 51.7 Å². The Morgan fingerprint density at radius 2 is 2.00 bits per heavy atom. The van der Waals surface area contributed by atoms with Crippen LogP contribution < -0.4 is 15.5 Å². The number of anilines is 1. The van der Waals surface area contributed by atoms with E-state index in [1.807, 2.05) is 13.0 Å². The molecule has 0 saturated carbocycles. The Kier molecular flexibility index (Phi) is 4.76. The van der Waals surface area contributed by atoms with Gasteiger partial charge in [0.05, 0.1) is 17.5 Å². The number of ether oxygens (including phenoxy) is 1. The zero-order valence-corrected chi connectivity index (χ0v) is 14.5. The van der Waals surface area contributed by atoms with Crippen molar-refractivity contribution in [2.24, 2.45) is 0 Å². The molecule has 2 aromatic carbocycles. The first kappa shape index (κ1) is 17.0. The largest absolute Gasteiger partial charge is 0.495 e. The number of methoxy groups -OCH3 is 1. The minimum atomic E-state index is -0.528. The molecule has 0 unspecified atom stereocenters. The van der Waals surface area contributed by atoms with Gasteiger partial charge in [-0.3, -0.25) is 9.59 Å². The van der Waals surface area contributed by atoms with E-state index in [1.165, 1.54) is 13.2 Å². The van der Waals surface area contributed by atoms with Crippen LogP contribution in [0.2, 0.25) is 5.02 Å². The maximum absolute atomic E-state index is 12.4. The Hall–Kier alpha value is -2.79. The lowest BCUT2D eigenvalue weighted by atomic mass is 10.1. The number of aryl methyl sites for hydroxylation is 1. The molecule has 0 aliphatic heterocycles. The summed E-state index contributed by atoms with van der Waals surface area (Å²) in [6.07, 6.45) is 0.815. The second kappa shape index (κ2) is 6.99. The fourth-order valence-corrected chi connectivity index (χ4v) is 2.73. The van der Waals surface area contributed by atoms with Crippen LogP contribution in [-0.2, 0) is 6.42 Å². The Bertz CT molecular complexity index is 1010. The lowest BCUT2D eigenvalue weighted by Gasteiger charge is -2.08. The third kappa shape index (κ3) is 3.51. The van der Waals surface area contributed by atoms with Crippen LogP contribution in [0, 0.1) is 0 Å². The molecular weight excluding hydrogens is 342 g/mol. The molecule has 0 aliphatic rings.